The minimum absolute atomic E-state index is 0.142. The molecule has 0 amide bonds. The number of hydrogen-bond acceptors (Lipinski definition) is 5. The molecular formula is C15H16O5. The minimum Gasteiger partial charge on any atom is -0.493 e. The van der Waals surface area contributed by atoms with Crippen molar-refractivity contribution in [3.8, 4) is 5.75 Å². The average molecular weight is 276 g/mol. The maximum Gasteiger partial charge on any atom is 0.348 e. The van der Waals surface area contributed by atoms with Crippen LogP contribution in [0.4, 0.5) is 0 Å². The topological polar surface area (TPSA) is 61.8 Å². The Morgan fingerprint density at radius 1 is 1.15 bits per heavy atom. The van der Waals surface area contributed by atoms with E-state index in [-0.39, 0.29) is 5.57 Å². The van der Waals surface area contributed by atoms with Gasteiger partial charge in [0.05, 0.1) is 6.61 Å². The Balaban J connectivity index is 2.36. The Bertz CT molecular complexity index is 549. The van der Waals surface area contributed by atoms with Crippen molar-refractivity contribution in [2.24, 2.45) is 0 Å². The molecule has 0 saturated carbocycles. The van der Waals surface area contributed by atoms with Gasteiger partial charge in [-0.25, -0.2) is 9.59 Å². The van der Waals surface area contributed by atoms with Crippen molar-refractivity contribution >= 4 is 18.0 Å². The van der Waals surface area contributed by atoms with E-state index in [9.17, 15) is 9.59 Å². The summed E-state index contributed by atoms with van der Waals surface area (Å²) in [5.41, 5.74) is 0.481. The standard InChI is InChI=1S/C15H16O5/c1-4-18-12-8-6-5-7-10(12)9-11-13(16)19-15(2,3)20-14(11)17/h5-9H,4H2,1-3H3. The molecule has 5 nitrogen and oxygen atoms in total. The Hall–Kier alpha value is -2.30. The number of hydrogen-bond donors (Lipinski definition) is 0. The normalized spacial score (nSPS) is 17.2. The van der Waals surface area contributed by atoms with Gasteiger partial charge in [-0.2, -0.15) is 0 Å². The maximum absolute atomic E-state index is 11.9. The van der Waals surface area contributed by atoms with Crippen LogP contribution in [0.25, 0.3) is 6.08 Å². The highest BCUT2D eigenvalue weighted by molar-refractivity contribution is 6.19. The molecule has 1 fully saturated rings. The first-order valence-corrected chi connectivity index (χ1v) is 6.33. The van der Waals surface area contributed by atoms with Crippen LogP contribution in [0.2, 0.25) is 0 Å². The first kappa shape index (κ1) is 14.1. The van der Waals surface area contributed by atoms with E-state index in [1.165, 1.54) is 19.9 Å². The zero-order valence-corrected chi connectivity index (χ0v) is 11.6. The molecule has 0 radical (unpaired) electrons. The summed E-state index contributed by atoms with van der Waals surface area (Å²) in [6.07, 6.45) is 1.42. The molecule has 0 aliphatic carbocycles. The highest BCUT2D eigenvalue weighted by Crippen LogP contribution is 2.27. The van der Waals surface area contributed by atoms with Gasteiger partial charge < -0.3 is 14.2 Å². The summed E-state index contributed by atoms with van der Waals surface area (Å²) in [7, 11) is 0. The maximum atomic E-state index is 11.9. The fourth-order valence-corrected chi connectivity index (χ4v) is 1.82. The van der Waals surface area contributed by atoms with Gasteiger partial charge >= 0.3 is 11.9 Å². The second-order valence-corrected chi connectivity index (χ2v) is 4.71. The van der Waals surface area contributed by atoms with E-state index in [1.54, 1.807) is 18.2 Å². The number of para-hydroxylation sites is 1. The predicted octanol–water partition coefficient (Wildman–Crippen LogP) is 2.30. The van der Waals surface area contributed by atoms with Crippen molar-refractivity contribution in [3.05, 3.63) is 35.4 Å². The molecule has 5 heteroatoms. The van der Waals surface area contributed by atoms with Crippen LogP contribution in [-0.4, -0.2) is 24.3 Å². The lowest BCUT2D eigenvalue weighted by Gasteiger charge is -2.29. The zero-order chi connectivity index (χ0) is 14.8. The summed E-state index contributed by atoms with van der Waals surface area (Å²) in [5.74, 6) is -2.03. The fourth-order valence-electron chi connectivity index (χ4n) is 1.82. The van der Waals surface area contributed by atoms with E-state index in [0.717, 1.165) is 0 Å². The summed E-state index contributed by atoms with van der Waals surface area (Å²) in [5, 5.41) is 0. The monoisotopic (exact) mass is 276 g/mol. The first-order chi connectivity index (χ1) is 9.43. The number of carbonyl (C=O) groups excluding carboxylic acids is 2. The molecular weight excluding hydrogens is 260 g/mol. The summed E-state index contributed by atoms with van der Waals surface area (Å²) < 4.78 is 15.5. The Labute approximate surface area is 117 Å². The third-order valence-electron chi connectivity index (χ3n) is 2.64. The van der Waals surface area contributed by atoms with Crippen molar-refractivity contribution in [2.45, 2.75) is 26.6 Å². The summed E-state index contributed by atoms with van der Waals surface area (Å²) in [6, 6.07) is 7.11. The quantitative estimate of drug-likeness (QED) is 0.481. The van der Waals surface area contributed by atoms with Gasteiger partial charge in [-0.1, -0.05) is 18.2 Å². The fraction of sp³-hybridized carbons (Fsp3) is 0.333. The Morgan fingerprint density at radius 2 is 1.75 bits per heavy atom. The van der Waals surface area contributed by atoms with E-state index in [0.29, 0.717) is 17.9 Å². The van der Waals surface area contributed by atoms with Gasteiger partial charge in [-0.05, 0) is 19.1 Å². The number of esters is 2. The van der Waals surface area contributed by atoms with Crippen LogP contribution >= 0.6 is 0 Å². The molecule has 0 aromatic heterocycles. The molecule has 0 atom stereocenters. The number of cyclic esters (lactones) is 2. The first-order valence-electron chi connectivity index (χ1n) is 6.33. The molecule has 1 aromatic rings. The van der Waals surface area contributed by atoms with Gasteiger partial charge in [0.15, 0.2) is 0 Å². The second kappa shape index (κ2) is 5.36. The minimum atomic E-state index is -1.23. The number of benzene rings is 1. The molecule has 0 spiro atoms. The molecule has 1 aromatic carbocycles. The zero-order valence-electron chi connectivity index (χ0n) is 11.6. The van der Waals surface area contributed by atoms with Gasteiger partial charge in [0.25, 0.3) is 5.79 Å². The number of rotatable bonds is 3. The van der Waals surface area contributed by atoms with Crippen LogP contribution in [0.3, 0.4) is 0 Å². The van der Waals surface area contributed by atoms with Crippen LogP contribution < -0.4 is 4.74 Å². The summed E-state index contributed by atoms with van der Waals surface area (Å²) in [4.78, 5) is 23.7. The lowest BCUT2D eigenvalue weighted by Crippen LogP contribution is -2.41. The molecule has 0 unspecified atom stereocenters. The van der Waals surface area contributed by atoms with Crippen molar-refractivity contribution < 1.29 is 23.8 Å². The molecule has 106 valence electrons. The smallest absolute Gasteiger partial charge is 0.348 e. The number of ether oxygens (including phenoxy) is 3. The molecule has 20 heavy (non-hydrogen) atoms. The third kappa shape index (κ3) is 2.99. The van der Waals surface area contributed by atoms with Crippen molar-refractivity contribution in [2.75, 3.05) is 6.61 Å². The highest BCUT2D eigenvalue weighted by Gasteiger charge is 2.38. The van der Waals surface area contributed by atoms with Crippen LogP contribution in [0.5, 0.6) is 5.75 Å². The lowest BCUT2D eigenvalue weighted by molar-refractivity contribution is -0.222. The second-order valence-electron chi connectivity index (χ2n) is 4.71. The molecule has 1 heterocycles. The molecule has 1 saturated heterocycles. The highest BCUT2D eigenvalue weighted by atomic mass is 16.7. The Kier molecular flexibility index (Phi) is 3.79. The Morgan fingerprint density at radius 3 is 2.35 bits per heavy atom. The molecule has 0 N–H and O–H groups in total. The van der Waals surface area contributed by atoms with E-state index < -0.39 is 17.7 Å². The molecule has 1 aliphatic heterocycles. The SMILES string of the molecule is CCOc1ccccc1C=C1C(=O)OC(C)(C)OC1=O. The van der Waals surface area contributed by atoms with Crippen LogP contribution in [0.15, 0.2) is 29.8 Å². The molecule has 1 aliphatic rings. The van der Waals surface area contributed by atoms with Crippen molar-refractivity contribution in [3.63, 3.8) is 0 Å². The van der Waals surface area contributed by atoms with Crippen LogP contribution in [0, 0.1) is 0 Å². The van der Waals surface area contributed by atoms with E-state index in [2.05, 4.69) is 0 Å². The molecule has 0 bridgehead atoms. The van der Waals surface area contributed by atoms with Gasteiger partial charge in [0.2, 0.25) is 0 Å². The summed E-state index contributed by atoms with van der Waals surface area (Å²) in [6.45, 7) is 5.36. The largest absolute Gasteiger partial charge is 0.493 e. The van der Waals surface area contributed by atoms with E-state index in [4.69, 9.17) is 14.2 Å². The van der Waals surface area contributed by atoms with Crippen LogP contribution in [-0.2, 0) is 19.1 Å². The predicted molar refractivity (Wildman–Crippen MR) is 71.9 cm³/mol. The average Bonchev–Trinajstić information content (AvgIpc) is 2.35. The van der Waals surface area contributed by atoms with Crippen LogP contribution in [0.1, 0.15) is 26.3 Å². The van der Waals surface area contributed by atoms with Crippen molar-refractivity contribution in [1.29, 1.82) is 0 Å². The number of carbonyl (C=O) groups is 2. The van der Waals surface area contributed by atoms with Gasteiger partial charge in [-0.3, -0.25) is 0 Å². The van der Waals surface area contributed by atoms with Gasteiger partial charge in [0, 0.05) is 19.4 Å². The van der Waals surface area contributed by atoms with E-state index in [1.807, 2.05) is 13.0 Å². The van der Waals surface area contributed by atoms with Gasteiger partial charge in [-0.15, -0.1) is 0 Å². The lowest BCUT2D eigenvalue weighted by atomic mass is 10.1. The summed E-state index contributed by atoms with van der Waals surface area (Å²) >= 11 is 0. The van der Waals surface area contributed by atoms with E-state index >= 15 is 0 Å². The third-order valence-corrected chi connectivity index (χ3v) is 2.64. The van der Waals surface area contributed by atoms with Gasteiger partial charge in [0.1, 0.15) is 11.3 Å². The van der Waals surface area contributed by atoms with Crippen molar-refractivity contribution in [1.82, 2.24) is 0 Å². The molecule has 2 rings (SSSR count).